The Bertz CT molecular complexity index is 904. The molecular formula is C17H15Cl2NO3S. The number of sulfone groups is 1. The molecule has 0 bridgehead atoms. The lowest BCUT2D eigenvalue weighted by Crippen LogP contribution is -2.37. The maximum absolute atomic E-state index is 12.9. The number of benzene rings is 2. The molecule has 7 heteroatoms. The Morgan fingerprint density at radius 3 is 2.21 bits per heavy atom. The number of anilines is 1. The summed E-state index contributed by atoms with van der Waals surface area (Å²) in [6.07, 6.45) is 0.590. The smallest absolute Gasteiger partial charge is 0.246 e. The third-order valence-corrected chi connectivity index (χ3v) is 7.21. The second-order valence-electron chi connectivity index (χ2n) is 5.87. The van der Waals surface area contributed by atoms with E-state index in [0.29, 0.717) is 28.6 Å². The number of halogens is 2. The maximum atomic E-state index is 12.9. The number of nitrogens with one attached hydrogen (secondary N) is 1. The first-order valence-corrected chi connectivity index (χ1v) is 9.58. The molecule has 2 aromatic carbocycles. The number of hydrogen-bond acceptors (Lipinski definition) is 3. The van der Waals surface area contributed by atoms with Crippen molar-refractivity contribution in [2.24, 2.45) is 0 Å². The number of carbonyl (C=O) groups is 1. The minimum Gasteiger partial charge on any atom is -0.324 e. The van der Waals surface area contributed by atoms with E-state index in [2.05, 4.69) is 5.32 Å². The highest BCUT2D eigenvalue weighted by Crippen LogP contribution is 2.47. The molecule has 1 N–H and O–H groups in total. The molecule has 3 rings (SSSR count). The van der Waals surface area contributed by atoms with E-state index in [1.807, 2.05) is 6.92 Å². The van der Waals surface area contributed by atoms with Crippen LogP contribution in [-0.4, -0.2) is 19.1 Å². The number of aryl methyl sites for hydroxylation is 1. The van der Waals surface area contributed by atoms with E-state index in [9.17, 15) is 13.2 Å². The van der Waals surface area contributed by atoms with E-state index in [1.165, 1.54) is 24.3 Å². The van der Waals surface area contributed by atoms with E-state index in [4.69, 9.17) is 23.2 Å². The molecule has 1 amide bonds. The van der Waals surface area contributed by atoms with Gasteiger partial charge in [0.2, 0.25) is 5.91 Å². The SMILES string of the molecule is Cc1ccc(Cl)cc1NC(=O)C1(S(=O)(=O)c2ccc(Cl)cc2)CC1. The molecule has 0 unspecified atom stereocenters. The van der Waals surface area contributed by atoms with Crippen LogP contribution in [0, 0.1) is 6.92 Å². The molecule has 0 spiro atoms. The van der Waals surface area contributed by atoms with E-state index in [1.54, 1.807) is 18.2 Å². The lowest BCUT2D eigenvalue weighted by atomic mass is 10.2. The van der Waals surface area contributed by atoms with Gasteiger partial charge in [0.1, 0.15) is 0 Å². The van der Waals surface area contributed by atoms with Crippen molar-refractivity contribution in [1.82, 2.24) is 0 Å². The van der Waals surface area contributed by atoms with Crippen molar-refractivity contribution in [3.05, 3.63) is 58.1 Å². The second kappa shape index (κ2) is 6.06. The summed E-state index contributed by atoms with van der Waals surface area (Å²) in [5, 5.41) is 3.63. The van der Waals surface area contributed by atoms with Crippen LogP contribution in [0.3, 0.4) is 0 Å². The number of amides is 1. The van der Waals surface area contributed by atoms with Gasteiger partial charge in [0.25, 0.3) is 0 Å². The molecule has 4 nitrogen and oxygen atoms in total. The molecule has 126 valence electrons. The van der Waals surface area contributed by atoms with E-state index >= 15 is 0 Å². The molecule has 1 aliphatic rings. The zero-order valence-electron chi connectivity index (χ0n) is 12.8. The van der Waals surface area contributed by atoms with Crippen LogP contribution in [0.2, 0.25) is 10.0 Å². The maximum Gasteiger partial charge on any atom is 0.246 e. The van der Waals surface area contributed by atoms with Gasteiger partial charge in [-0.25, -0.2) is 8.42 Å². The average molecular weight is 384 g/mol. The topological polar surface area (TPSA) is 63.2 Å². The van der Waals surface area contributed by atoms with Gasteiger partial charge in [0.05, 0.1) is 4.90 Å². The first-order chi connectivity index (χ1) is 11.3. The van der Waals surface area contributed by atoms with Crippen molar-refractivity contribution in [3.8, 4) is 0 Å². The fourth-order valence-corrected chi connectivity index (χ4v) is 4.71. The Morgan fingerprint density at radius 2 is 1.62 bits per heavy atom. The zero-order valence-corrected chi connectivity index (χ0v) is 15.2. The van der Waals surface area contributed by atoms with Gasteiger partial charge in [-0.15, -0.1) is 0 Å². The normalized spacial score (nSPS) is 15.8. The standard InChI is InChI=1S/C17H15Cl2NO3S/c1-11-2-3-13(19)10-15(11)20-16(21)17(8-9-17)24(22,23)14-6-4-12(18)5-7-14/h2-7,10H,8-9H2,1H3,(H,20,21). The molecule has 1 fully saturated rings. The third-order valence-electron chi connectivity index (χ3n) is 4.20. The van der Waals surface area contributed by atoms with E-state index in [-0.39, 0.29) is 4.90 Å². The summed E-state index contributed by atoms with van der Waals surface area (Å²) in [6, 6.07) is 11.0. The Morgan fingerprint density at radius 1 is 1.04 bits per heavy atom. The highest BCUT2D eigenvalue weighted by atomic mass is 35.5. The van der Waals surface area contributed by atoms with Crippen LogP contribution in [0.4, 0.5) is 5.69 Å². The van der Waals surface area contributed by atoms with Crippen molar-refractivity contribution >= 4 is 44.6 Å². The van der Waals surface area contributed by atoms with Gasteiger partial charge in [-0.2, -0.15) is 0 Å². The summed E-state index contributed by atoms with van der Waals surface area (Å²) in [7, 11) is -3.79. The number of carbonyl (C=O) groups excluding carboxylic acids is 1. The average Bonchev–Trinajstić information content (AvgIpc) is 3.33. The fourth-order valence-electron chi connectivity index (χ4n) is 2.54. The molecule has 0 heterocycles. The van der Waals surface area contributed by atoms with Crippen LogP contribution < -0.4 is 5.32 Å². The molecule has 1 saturated carbocycles. The van der Waals surface area contributed by atoms with Crippen LogP contribution >= 0.6 is 23.2 Å². The first-order valence-electron chi connectivity index (χ1n) is 7.34. The van der Waals surface area contributed by atoms with Crippen molar-refractivity contribution in [2.75, 3.05) is 5.32 Å². The summed E-state index contributed by atoms with van der Waals surface area (Å²) in [6.45, 7) is 1.82. The van der Waals surface area contributed by atoms with Crippen LogP contribution in [-0.2, 0) is 14.6 Å². The predicted octanol–water partition coefficient (Wildman–Crippen LogP) is 4.25. The first kappa shape index (κ1) is 17.3. The zero-order chi connectivity index (χ0) is 17.5. The van der Waals surface area contributed by atoms with Gasteiger partial charge >= 0.3 is 0 Å². The molecule has 0 radical (unpaired) electrons. The summed E-state index contributed by atoms with van der Waals surface area (Å²) >= 11 is 11.8. The lowest BCUT2D eigenvalue weighted by molar-refractivity contribution is -0.116. The highest BCUT2D eigenvalue weighted by Gasteiger charge is 2.61. The molecule has 2 aromatic rings. The molecule has 0 aromatic heterocycles. The summed E-state index contributed by atoms with van der Waals surface area (Å²) in [4.78, 5) is 12.8. The molecule has 1 aliphatic carbocycles. The Labute approximate surface area is 150 Å². The summed E-state index contributed by atoms with van der Waals surface area (Å²) < 4.78 is 24.3. The van der Waals surface area contributed by atoms with Crippen LogP contribution in [0.5, 0.6) is 0 Å². The van der Waals surface area contributed by atoms with Gasteiger partial charge in [0, 0.05) is 15.7 Å². The van der Waals surface area contributed by atoms with Crippen molar-refractivity contribution in [1.29, 1.82) is 0 Å². The molecule has 0 atom stereocenters. The molecule has 0 aliphatic heterocycles. The van der Waals surface area contributed by atoms with Crippen LogP contribution in [0.25, 0.3) is 0 Å². The molecule has 0 saturated heterocycles. The predicted molar refractivity (Wildman–Crippen MR) is 95.4 cm³/mol. The lowest BCUT2D eigenvalue weighted by Gasteiger charge is -2.17. The van der Waals surface area contributed by atoms with Gasteiger partial charge in [-0.3, -0.25) is 4.79 Å². The largest absolute Gasteiger partial charge is 0.324 e. The van der Waals surface area contributed by atoms with Crippen LogP contribution in [0.1, 0.15) is 18.4 Å². The minimum absolute atomic E-state index is 0.0994. The third kappa shape index (κ3) is 2.92. The van der Waals surface area contributed by atoms with Crippen LogP contribution in [0.15, 0.2) is 47.4 Å². The Balaban J connectivity index is 1.91. The monoisotopic (exact) mass is 383 g/mol. The second-order valence-corrected chi connectivity index (χ2v) is 9.00. The minimum atomic E-state index is -3.79. The van der Waals surface area contributed by atoms with Gasteiger partial charge < -0.3 is 5.32 Å². The fraction of sp³-hybridized carbons (Fsp3) is 0.235. The highest BCUT2D eigenvalue weighted by molar-refractivity contribution is 7.94. The van der Waals surface area contributed by atoms with Crippen molar-refractivity contribution < 1.29 is 13.2 Å². The Kier molecular flexibility index (Phi) is 4.36. The Hall–Kier alpha value is -1.56. The van der Waals surface area contributed by atoms with Crippen molar-refractivity contribution in [3.63, 3.8) is 0 Å². The quantitative estimate of drug-likeness (QED) is 0.857. The number of rotatable bonds is 4. The van der Waals surface area contributed by atoms with Gasteiger partial charge in [-0.05, 0) is 61.7 Å². The molecule has 24 heavy (non-hydrogen) atoms. The van der Waals surface area contributed by atoms with E-state index in [0.717, 1.165) is 5.56 Å². The van der Waals surface area contributed by atoms with Gasteiger partial charge in [-0.1, -0.05) is 29.3 Å². The summed E-state index contributed by atoms with van der Waals surface area (Å²) in [5.74, 6) is -0.525. The number of hydrogen-bond donors (Lipinski definition) is 1. The van der Waals surface area contributed by atoms with E-state index < -0.39 is 20.5 Å². The van der Waals surface area contributed by atoms with Crippen molar-refractivity contribution in [2.45, 2.75) is 29.4 Å². The summed E-state index contributed by atoms with van der Waals surface area (Å²) in [5.41, 5.74) is 1.33. The molecular weight excluding hydrogens is 369 g/mol. The van der Waals surface area contributed by atoms with Gasteiger partial charge in [0.15, 0.2) is 14.6 Å².